The van der Waals surface area contributed by atoms with E-state index in [1.54, 1.807) is 61.7 Å². The first kappa shape index (κ1) is 23.9. The van der Waals surface area contributed by atoms with Crippen LogP contribution in [0.5, 0.6) is 17.2 Å². The molecule has 2 aromatic carbocycles. The van der Waals surface area contributed by atoms with Crippen molar-refractivity contribution in [2.24, 2.45) is 0 Å². The van der Waals surface area contributed by atoms with E-state index in [1.807, 2.05) is 13.8 Å². The Kier molecular flexibility index (Phi) is 7.05. The highest BCUT2D eigenvalue weighted by Crippen LogP contribution is 2.34. The van der Waals surface area contributed by atoms with E-state index in [0.717, 1.165) is 0 Å². The fraction of sp³-hybridized carbons (Fsp3) is 0.269. The van der Waals surface area contributed by atoms with Crippen molar-refractivity contribution < 1.29 is 33.0 Å². The van der Waals surface area contributed by atoms with Gasteiger partial charge in [-0.25, -0.2) is 0 Å². The fourth-order valence-electron chi connectivity index (χ4n) is 3.55. The number of rotatable bonds is 9. The van der Waals surface area contributed by atoms with Gasteiger partial charge < -0.3 is 23.9 Å². The van der Waals surface area contributed by atoms with E-state index in [1.165, 1.54) is 4.90 Å². The topological polar surface area (TPSA) is 107 Å². The number of hydrogen-bond donors (Lipinski definition) is 1. The lowest BCUT2D eigenvalue weighted by molar-refractivity contribution is -0.121. The molecule has 1 aliphatic rings. The van der Waals surface area contributed by atoms with E-state index < -0.39 is 0 Å². The van der Waals surface area contributed by atoms with Gasteiger partial charge in [0.25, 0.3) is 11.8 Å². The quantitative estimate of drug-likeness (QED) is 0.468. The summed E-state index contributed by atoms with van der Waals surface area (Å²) in [7, 11) is 1.55. The minimum atomic E-state index is -0.330. The van der Waals surface area contributed by atoms with Crippen molar-refractivity contribution in [2.75, 3.05) is 25.2 Å². The van der Waals surface area contributed by atoms with E-state index >= 15 is 0 Å². The van der Waals surface area contributed by atoms with E-state index in [9.17, 15) is 14.4 Å². The number of carbonyl (C=O) groups excluding carboxylic acids is 3. The molecule has 0 aliphatic carbocycles. The smallest absolute Gasteiger partial charge is 0.287 e. The Labute approximate surface area is 202 Å². The molecule has 0 saturated heterocycles. The minimum Gasteiger partial charge on any atom is -0.497 e. The Morgan fingerprint density at radius 1 is 1.09 bits per heavy atom. The maximum atomic E-state index is 12.8. The van der Waals surface area contributed by atoms with E-state index in [4.69, 9.17) is 18.6 Å². The maximum Gasteiger partial charge on any atom is 0.287 e. The molecule has 0 radical (unpaired) electrons. The molecule has 0 unspecified atom stereocenters. The standard InChI is InChI=1S/C26H26N2O7/c1-16(2)27-26(31)24-10-8-20(35-24)13-28-21-11-17(7-9-23(21)34-15-25(28)30)22(29)14-33-19-6-4-5-18(12-19)32-3/h4-12,16H,13-15H2,1-3H3,(H,27,31). The van der Waals surface area contributed by atoms with Crippen LogP contribution in [-0.4, -0.2) is 44.0 Å². The van der Waals surface area contributed by atoms with Gasteiger partial charge in [-0.2, -0.15) is 0 Å². The van der Waals surface area contributed by atoms with Crippen molar-refractivity contribution in [3.63, 3.8) is 0 Å². The molecule has 0 saturated carbocycles. The van der Waals surface area contributed by atoms with Crippen LogP contribution < -0.4 is 24.4 Å². The Hall–Kier alpha value is -4.27. The number of ketones is 1. The Morgan fingerprint density at radius 3 is 2.66 bits per heavy atom. The summed E-state index contributed by atoms with van der Waals surface area (Å²) in [5.74, 6) is 1.30. The van der Waals surface area contributed by atoms with Crippen LogP contribution in [0.1, 0.15) is 40.5 Å². The number of methoxy groups -OCH3 is 1. The molecule has 35 heavy (non-hydrogen) atoms. The molecule has 2 amide bonds. The molecule has 0 bridgehead atoms. The summed E-state index contributed by atoms with van der Waals surface area (Å²) in [5, 5.41) is 2.76. The predicted octanol–water partition coefficient (Wildman–Crippen LogP) is 3.61. The number of nitrogens with one attached hydrogen (secondary N) is 1. The summed E-state index contributed by atoms with van der Waals surface area (Å²) in [6.45, 7) is 3.47. The SMILES string of the molecule is COc1cccc(OCC(=O)c2ccc3c(c2)N(Cc2ccc(C(=O)NC(C)C)o2)C(=O)CO3)c1. The highest BCUT2D eigenvalue weighted by atomic mass is 16.5. The Morgan fingerprint density at radius 2 is 1.89 bits per heavy atom. The second-order valence-corrected chi connectivity index (χ2v) is 8.24. The average molecular weight is 479 g/mol. The molecule has 4 rings (SSSR count). The minimum absolute atomic E-state index is 0.0346. The third-order valence-electron chi connectivity index (χ3n) is 5.25. The Balaban J connectivity index is 1.49. The third kappa shape index (κ3) is 5.63. The number of carbonyl (C=O) groups is 3. The van der Waals surface area contributed by atoms with Crippen molar-refractivity contribution in [2.45, 2.75) is 26.4 Å². The van der Waals surface area contributed by atoms with E-state index in [0.29, 0.717) is 34.3 Å². The number of fused-ring (bicyclic) bond motifs is 1. The molecule has 3 aromatic rings. The second-order valence-electron chi connectivity index (χ2n) is 8.24. The average Bonchev–Trinajstić information content (AvgIpc) is 3.32. The van der Waals surface area contributed by atoms with Gasteiger partial charge >= 0.3 is 0 Å². The second kappa shape index (κ2) is 10.3. The lowest BCUT2D eigenvalue weighted by Gasteiger charge is -2.29. The lowest BCUT2D eigenvalue weighted by Crippen LogP contribution is -2.38. The van der Waals surface area contributed by atoms with Gasteiger partial charge in [-0.15, -0.1) is 0 Å². The van der Waals surface area contributed by atoms with Gasteiger partial charge in [0.05, 0.1) is 19.3 Å². The van der Waals surface area contributed by atoms with E-state index in [-0.39, 0.29) is 49.2 Å². The highest BCUT2D eigenvalue weighted by Gasteiger charge is 2.28. The zero-order valence-corrected chi connectivity index (χ0v) is 19.7. The largest absolute Gasteiger partial charge is 0.497 e. The number of ether oxygens (including phenoxy) is 3. The van der Waals surface area contributed by atoms with Gasteiger partial charge in [0, 0.05) is 17.7 Å². The van der Waals surface area contributed by atoms with Crippen molar-refractivity contribution in [3.05, 3.63) is 71.7 Å². The zero-order chi connectivity index (χ0) is 24.9. The molecule has 182 valence electrons. The molecule has 0 fully saturated rings. The Bertz CT molecular complexity index is 1250. The summed E-state index contributed by atoms with van der Waals surface area (Å²) < 4.78 is 22.0. The van der Waals surface area contributed by atoms with Gasteiger partial charge in [0.1, 0.15) is 23.0 Å². The van der Waals surface area contributed by atoms with Crippen LogP contribution in [0, 0.1) is 0 Å². The zero-order valence-electron chi connectivity index (χ0n) is 19.7. The van der Waals surface area contributed by atoms with Crippen LogP contribution in [0.15, 0.2) is 59.0 Å². The van der Waals surface area contributed by atoms with Gasteiger partial charge in [-0.1, -0.05) is 6.07 Å². The first-order valence-corrected chi connectivity index (χ1v) is 11.1. The van der Waals surface area contributed by atoms with Crippen LogP contribution in [-0.2, 0) is 11.3 Å². The van der Waals surface area contributed by atoms with Gasteiger partial charge in [-0.3, -0.25) is 19.3 Å². The molecule has 0 atom stereocenters. The maximum absolute atomic E-state index is 12.8. The number of nitrogens with zero attached hydrogens (tertiary/aromatic N) is 1. The predicted molar refractivity (Wildman–Crippen MR) is 127 cm³/mol. The summed E-state index contributed by atoms with van der Waals surface area (Å²) >= 11 is 0. The van der Waals surface area contributed by atoms with E-state index in [2.05, 4.69) is 5.32 Å². The molecule has 1 aromatic heterocycles. The fourth-order valence-corrected chi connectivity index (χ4v) is 3.55. The number of benzene rings is 2. The van der Waals surface area contributed by atoms with Crippen LogP contribution in [0.3, 0.4) is 0 Å². The molecular formula is C26H26N2O7. The number of hydrogen-bond acceptors (Lipinski definition) is 7. The summed E-state index contributed by atoms with van der Waals surface area (Å²) in [6, 6.07) is 15.0. The number of Topliss-reactive ketones (excluding diaryl/α,β-unsaturated/α-hetero) is 1. The van der Waals surface area contributed by atoms with Crippen LogP contribution >= 0.6 is 0 Å². The van der Waals surface area contributed by atoms with Gasteiger partial charge in [0.2, 0.25) is 0 Å². The van der Waals surface area contributed by atoms with Crippen molar-refractivity contribution >= 4 is 23.3 Å². The van der Waals surface area contributed by atoms with Crippen LogP contribution in [0.2, 0.25) is 0 Å². The first-order valence-electron chi connectivity index (χ1n) is 11.1. The van der Waals surface area contributed by atoms with Crippen LogP contribution in [0.4, 0.5) is 5.69 Å². The number of amides is 2. The van der Waals surface area contributed by atoms with Gasteiger partial charge in [-0.05, 0) is 56.3 Å². The molecule has 1 aliphatic heterocycles. The molecule has 1 N–H and O–H groups in total. The van der Waals surface area contributed by atoms with Gasteiger partial charge in [0.15, 0.2) is 24.8 Å². The normalized spacial score (nSPS) is 12.7. The summed E-state index contributed by atoms with van der Waals surface area (Å²) in [6.07, 6.45) is 0. The van der Waals surface area contributed by atoms with Crippen molar-refractivity contribution in [3.8, 4) is 17.2 Å². The lowest BCUT2D eigenvalue weighted by atomic mass is 10.1. The van der Waals surface area contributed by atoms with Crippen molar-refractivity contribution in [1.82, 2.24) is 5.32 Å². The number of anilines is 1. The highest BCUT2D eigenvalue weighted by molar-refractivity contribution is 6.02. The first-order chi connectivity index (χ1) is 16.8. The molecule has 9 nitrogen and oxygen atoms in total. The number of furan rings is 1. The summed E-state index contributed by atoms with van der Waals surface area (Å²) in [4.78, 5) is 39.1. The molecular weight excluding hydrogens is 452 g/mol. The third-order valence-corrected chi connectivity index (χ3v) is 5.25. The molecule has 2 heterocycles. The molecule has 0 spiro atoms. The van der Waals surface area contributed by atoms with Crippen molar-refractivity contribution in [1.29, 1.82) is 0 Å². The summed E-state index contributed by atoms with van der Waals surface area (Å²) in [5.41, 5.74) is 0.810. The monoisotopic (exact) mass is 478 g/mol. The molecule has 9 heteroatoms. The van der Waals surface area contributed by atoms with Crippen LogP contribution in [0.25, 0.3) is 0 Å².